The Hall–Kier alpha value is 1.68. The molecule has 0 rings (SSSR count). The predicted octanol–water partition coefficient (Wildman–Crippen LogP) is 4.76. The average Bonchev–Trinajstić information content (AvgIpc) is 1.60. The van der Waals surface area contributed by atoms with Gasteiger partial charge in [0.15, 0.2) is 0 Å². The Morgan fingerprint density at radius 2 is 1.45 bits per heavy atom. The quantitative estimate of drug-likeness (QED) is 0.632. The van der Waals surface area contributed by atoms with E-state index in [1.165, 1.54) is 0 Å². The summed E-state index contributed by atoms with van der Waals surface area (Å²) in [5, 5.41) is 7.82. The van der Waals surface area contributed by atoms with Gasteiger partial charge in [-0.2, -0.15) is 5.26 Å². The van der Waals surface area contributed by atoms with E-state index in [1.54, 1.807) is 0 Å². The van der Waals surface area contributed by atoms with E-state index in [0.29, 0.717) is 6.42 Å². The Kier molecular flexibility index (Phi) is 8.52. The molecule has 11 heavy (non-hydrogen) atoms. The van der Waals surface area contributed by atoms with E-state index in [2.05, 4.69) is 0 Å². The second-order valence-corrected chi connectivity index (χ2v) is 34.9. The first-order chi connectivity index (χ1) is 4.65. The second-order valence-electron chi connectivity index (χ2n) is 1.55. The molecule has 0 aliphatic rings. The fourth-order valence-corrected chi connectivity index (χ4v) is 0.112. The summed E-state index contributed by atoms with van der Waals surface area (Å²) in [6.45, 7) is 1.99. The Labute approximate surface area is 86.6 Å². The molecule has 7 heteroatoms. The summed E-state index contributed by atoms with van der Waals surface area (Å²) >= 11 is 0. The number of rotatable bonds is 1. The molecule has 0 N–H and O–H groups in total. The van der Waals surface area contributed by atoms with Gasteiger partial charge in [-0.1, -0.05) is 6.92 Å². The maximum atomic E-state index is 7.82. The van der Waals surface area contributed by atoms with Crippen LogP contribution < -0.4 is 0 Å². The Bertz CT molecular complexity index is 126. The van der Waals surface area contributed by atoms with Gasteiger partial charge in [-0.15, -0.1) is 0 Å². The Morgan fingerprint density at radius 1 is 1.18 bits per heavy atom. The van der Waals surface area contributed by atoms with E-state index in [1.807, 2.05) is 13.0 Å². The maximum absolute atomic E-state index is 7.82. The van der Waals surface area contributed by atoms with Crippen LogP contribution in [0.15, 0.2) is 0 Å². The van der Waals surface area contributed by atoms with Gasteiger partial charge in [-0.05, 0) is 6.42 Å². The van der Waals surface area contributed by atoms with E-state index < -0.39 is 10.4 Å². The zero-order chi connectivity index (χ0) is 9.57. The van der Waals surface area contributed by atoms with Crippen molar-refractivity contribution in [3.05, 3.63) is 0 Å². The number of hydrogen-bond donors (Lipinski definition) is 0. The summed E-state index contributed by atoms with van der Waals surface area (Å²) in [6.07, 6.45) is 1.68. The third kappa shape index (κ3) is 80.8. The molecule has 0 heterocycles. The van der Waals surface area contributed by atoms with Crippen LogP contribution in [-0.4, -0.2) is 0 Å². The summed E-state index contributed by atoms with van der Waals surface area (Å²) in [5.74, 6) is 0. The molecule has 0 bridgehead atoms. The van der Waals surface area contributed by atoms with Gasteiger partial charge in [0.25, 0.3) is 0 Å². The number of unbranched alkanes of at least 4 members (excludes halogenated alkanes) is 1. The molecule has 0 aromatic rings. The molecule has 68 valence electrons. The van der Waals surface area contributed by atoms with Crippen LogP contribution in [-0.2, 0) is 10.4 Å². The van der Waals surface area contributed by atoms with Crippen LogP contribution in [0, 0.1) is 11.3 Å². The van der Waals surface area contributed by atoms with Crippen molar-refractivity contribution < 1.29 is 10.4 Å². The molecular formula is C4H7Cl5NNb. The van der Waals surface area contributed by atoms with Crippen molar-refractivity contribution in [2.45, 2.75) is 19.8 Å². The monoisotopic (exact) mass is 337 g/mol. The van der Waals surface area contributed by atoms with Gasteiger partial charge in [0, 0.05) is 6.42 Å². The summed E-state index contributed by atoms with van der Waals surface area (Å²) < 4.78 is 0. The first kappa shape index (κ1) is 15.2. The molecule has 0 aromatic heterocycles. The van der Waals surface area contributed by atoms with Gasteiger partial charge in [-0.3, -0.25) is 0 Å². The van der Waals surface area contributed by atoms with Crippen molar-refractivity contribution in [1.82, 2.24) is 0 Å². The van der Waals surface area contributed by atoms with Crippen molar-refractivity contribution in [2.75, 3.05) is 0 Å². The molecule has 0 aliphatic carbocycles. The Morgan fingerprint density at radius 3 is 1.45 bits per heavy atom. The van der Waals surface area contributed by atoms with E-state index in [9.17, 15) is 0 Å². The van der Waals surface area contributed by atoms with Crippen LogP contribution in [0.2, 0.25) is 0 Å². The molecule has 0 fully saturated rings. The minimum atomic E-state index is -4.33. The van der Waals surface area contributed by atoms with Gasteiger partial charge >= 0.3 is 56.4 Å². The molecule has 0 unspecified atom stereocenters. The number of halogens is 5. The molecular weight excluding hydrogens is 332 g/mol. The molecule has 0 saturated carbocycles. The molecule has 0 aliphatic heterocycles. The number of nitriles is 1. The number of nitrogens with zero attached hydrogens (tertiary/aromatic N) is 1. The first-order valence-electron chi connectivity index (χ1n) is 2.63. The zero-order valence-corrected chi connectivity index (χ0v) is 11.7. The van der Waals surface area contributed by atoms with Gasteiger partial charge < -0.3 is 0 Å². The van der Waals surface area contributed by atoms with Crippen molar-refractivity contribution >= 4 is 45.9 Å². The second kappa shape index (κ2) is 6.18. The molecule has 1 nitrogen and oxygen atoms in total. The van der Waals surface area contributed by atoms with Crippen LogP contribution in [0.4, 0.5) is 0 Å². The van der Waals surface area contributed by atoms with Crippen LogP contribution in [0.25, 0.3) is 0 Å². The molecule has 0 aromatic carbocycles. The van der Waals surface area contributed by atoms with E-state index in [0.717, 1.165) is 6.42 Å². The fraction of sp³-hybridized carbons (Fsp3) is 0.750. The molecule has 0 atom stereocenters. The van der Waals surface area contributed by atoms with E-state index >= 15 is 0 Å². The third-order valence-corrected chi connectivity index (χ3v) is 0.362. The molecule has 0 spiro atoms. The van der Waals surface area contributed by atoms with Crippen LogP contribution in [0.5, 0.6) is 0 Å². The van der Waals surface area contributed by atoms with Gasteiger partial charge in [-0.25, -0.2) is 0 Å². The topological polar surface area (TPSA) is 23.8 Å². The SMILES string of the molecule is CCCC#N.[Cl][Nb]([Cl])([Cl])([Cl])[Cl]. The molecule has 0 amide bonds. The summed E-state index contributed by atoms with van der Waals surface area (Å²) in [5.41, 5.74) is 0. The fourth-order valence-electron chi connectivity index (χ4n) is 0.112. The average molecular weight is 339 g/mol. The standard InChI is InChI=1S/C4H7N.5ClH.Nb/c1-2-3-4-5;;;;;;/h2-3H2,1H3;5*1H;/q;;;;;;+5/p-5. The Balaban J connectivity index is 0. The third-order valence-electron chi connectivity index (χ3n) is 0.362. The van der Waals surface area contributed by atoms with E-state index in [4.69, 9.17) is 51.2 Å². The summed E-state index contributed by atoms with van der Waals surface area (Å²) in [4.78, 5) is 0. The van der Waals surface area contributed by atoms with Crippen molar-refractivity contribution in [2.24, 2.45) is 0 Å². The molecule has 0 radical (unpaired) electrons. The minimum absolute atomic E-state index is 0.694. The normalized spacial score (nSPS) is 13.4. The van der Waals surface area contributed by atoms with Gasteiger partial charge in [0.1, 0.15) is 0 Å². The van der Waals surface area contributed by atoms with Crippen molar-refractivity contribution in [3.63, 3.8) is 0 Å². The van der Waals surface area contributed by atoms with Crippen LogP contribution in [0.1, 0.15) is 19.8 Å². The summed E-state index contributed by atoms with van der Waals surface area (Å²) in [6, 6.07) is 2.02. The number of hydrogen-bond acceptors (Lipinski definition) is 1. The van der Waals surface area contributed by atoms with Crippen LogP contribution in [0.3, 0.4) is 0 Å². The first-order valence-corrected chi connectivity index (χ1v) is 16.8. The van der Waals surface area contributed by atoms with Crippen molar-refractivity contribution in [1.29, 1.82) is 5.26 Å². The zero-order valence-electron chi connectivity index (χ0n) is 5.70. The van der Waals surface area contributed by atoms with Crippen LogP contribution >= 0.6 is 45.9 Å². The molecule has 0 saturated heterocycles. The predicted molar refractivity (Wildman–Crippen MR) is 49.8 cm³/mol. The summed E-state index contributed by atoms with van der Waals surface area (Å²) in [7, 11) is 20.9. The van der Waals surface area contributed by atoms with Gasteiger partial charge in [0.2, 0.25) is 0 Å². The van der Waals surface area contributed by atoms with Crippen molar-refractivity contribution in [3.8, 4) is 6.07 Å². The van der Waals surface area contributed by atoms with E-state index in [-0.39, 0.29) is 0 Å². The van der Waals surface area contributed by atoms with Gasteiger partial charge in [0.05, 0.1) is 6.07 Å².